The van der Waals surface area contributed by atoms with Gasteiger partial charge in [0.1, 0.15) is 11.0 Å². The van der Waals surface area contributed by atoms with Gasteiger partial charge in [-0.1, -0.05) is 24.9 Å². The van der Waals surface area contributed by atoms with Crippen molar-refractivity contribution in [1.82, 2.24) is 4.98 Å². The van der Waals surface area contributed by atoms with E-state index in [0.29, 0.717) is 10.8 Å². The summed E-state index contributed by atoms with van der Waals surface area (Å²) in [6.07, 6.45) is 2.27. The number of hydrogen-bond acceptors (Lipinski definition) is 3. The van der Waals surface area contributed by atoms with Crippen LogP contribution in [0.2, 0.25) is 5.15 Å². The van der Waals surface area contributed by atoms with Crippen molar-refractivity contribution in [2.24, 2.45) is 0 Å². The minimum Gasteiger partial charge on any atom is -0.399 e. The number of unbranched alkanes of at least 4 members (excludes halogenated alkanes) is 1. The van der Waals surface area contributed by atoms with Crippen molar-refractivity contribution in [2.45, 2.75) is 19.8 Å². The van der Waals surface area contributed by atoms with E-state index >= 15 is 0 Å². The van der Waals surface area contributed by atoms with E-state index < -0.39 is 0 Å². The first-order valence-electron chi connectivity index (χ1n) is 4.39. The summed E-state index contributed by atoms with van der Waals surface area (Å²) in [5.74, 6) is 0.749. The van der Waals surface area contributed by atoms with Crippen LogP contribution in [0.5, 0.6) is 0 Å². The Kier molecular flexibility index (Phi) is 3.83. The molecule has 13 heavy (non-hydrogen) atoms. The second kappa shape index (κ2) is 4.92. The molecule has 0 unspecified atom stereocenters. The summed E-state index contributed by atoms with van der Waals surface area (Å²) in [6.45, 7) is 3.05. The molecular formula is C9H14ClN3. The Bertz CT molecular complexity index is 255. The summed E-state index contributed by atoms with van der Waals surface area (Å²) in [7, 11) is 0. The van der Waals surface area contributed by atoms with E-state index in [4.69, 9.17) is 17.3 Å². The third-order valence-corrected chi connectivity index (χ3v) is 1.85. The number of hydrogen-bond donors (Lipinski definition) is 2. The SMILES string of the molecule is CCCCNc1cc(N)cc(Cl)n1. The molecule has 0 saturated carbocycles. The summed E-state index contributed by atoms with van der Waals surface area (Å²) in [6, 6.07) is 3.41. The van der Waals surface area contributed by atoms with Crippen LogP contribution in [0.25, 0.3) is 0 Å². The zero-order chi connectivity index (χ0) is 9.68. The first-order chi connectivity index (χ1) is 6.22. The summed E-state index contributed by atoms with van der Waals surface area (Å²) < 4.78 is 0. The Hall–Kier alpha value is -0.960. The summed E-state index contributed by atoms with van der Waals surface area (Å²) in [5, 5.41) is 3.58. The van der Waals surface area contributed by atoms with Crippen LogP contribution in [0, 0.1) is 0 Å². The molecular weight excluding hydrogens is 186 g/mol. The van der Waals surface area contributed by atoms with Gasteiger partial charge in [0.05, 0.1) is 0 Å². The highest BCUT2D eigenvalue weighted by Crippen LogP contribution is 2.15. The van der Waals surface area contributed by atoms with E-state index in [-0.39, 0.29) is 0 Å². The molecule has 0 amide bonds. The molecule has 1 rings (SSSR count). The number of nitrogens with one attached hydrogen (secondary N) is 1. The monoisotopic (exact) mass is 199 g/mol. The van der Waals surface area contributed by atoms with Crippen LogP contribution in [-0.4, -0.2) is 11.5 Å². The molecule has 0 fully saturated rings. The summed E-state index contributed by atoms with van der Waals surface area (Å²) in [4.78, 5) is 4.08. The normalized spacial score (nSPS) is 10.0. The van der Waals surface area contributed by atoms with Crippen LogP contribution in [0.1, 0.15) is 19.8 Å². The first kappa shape index (κ1) is 10.1. The fourth-order valence-electron chi connectivity index (χ4n) is 1.00. The Morgan fingerprint density at radius 3 is 2.92 bits per heavy atom. The molecule has 3 nitrogen and oxygen atoms in total. The number of nitrogens with zero attached hydrogens (tertiary/aromatic N) is 1. The molecule has 1 aromatic rings. The molecule has 72 valence electrons. The smallest absolute Gasteiger partial charge is 0.133 e. The van der Waals surface area contributed by atoms with Gasteiger partial charge in [0.15, 0.2) is 0 Å². The van der Waals surface area contributed by atoms with Crippen molar-refractivity contribution in [2.75, 3.05) is 17.6 Å². The molecule has 0 atom stereocenters. The second-order valence-corrected chi connectivity index (χ2v) is 3.28. The van der Waals surface area contributed by atoms with Crippen LogP contribution < -0.4 is 11.1 Å². The van der Waals surface area contributed by atoms with Crippen molar-refractivity contribution in [3.05, 3.63) is 17.3 Å². The minimum atomic E-state index is 0.430. The van der Waals surface area contributed by atoms with Crippen LogP contribution >= 0.6 is 11.6 Å². The third-order valence-electron chi connectivity index (χ3n) is 1.65. The molecule has 0 radical (unpaired) electrons. The molecule has 4 heteroatoms. The Morgan fingerprint density at radius 1 is 1.54 bits per heavy atom. The number of aromatic nitrogens is 1. The number of anilines is 2. The molecule has 0 aliphatic heterocycles. The van der Waals surface area contributed by atoms with E-state index in [0.717, 1.165) is 25.2 Å². The zero-order valence-corrected chi connectivity index (χ0v) is 8.43. The van der Waals surface area contributed by atoms with E-state index in [1.807, 2.05) is 0 Å². The van der Waals surface area contributed by atoms with Crippen LogP contribution in [0.15, 0.2) is 12.1 Å². The molecule has 3 N–H and O–H groups in total. The van der Waals surface area contributed by atoms with Crippen molar-refractivity contribution in [3.63, 3.8) is 0 Å². The molecule has 0 bridgehead atoms. The molecule has 1 heterocycles. The van der Waals surface area contributed by atoms with Crippen LogP contribution in [0.3, 0.4) is 0 Å². The largest absolute Gasteiger partial charge is 0.399 e. The van der Waals surface area contributed by atoms with Crippen molar-refractivity contribution >= 4 is 23.1 Å². The fourth-order valence-corrected chi connectivity index (χ4v) is 1.22. The van der Waals surface area contributed by atoms with Gasteiger partial charge in [-0.2, -0.15) is 0 Å². The van der Waals surface area contributed by atoms with Gasteiger partial charge >= 0.3 is 0 Å². The van der Waals surface area contributed by atoms with Gasteiger partial charge in [0, 0.05) is 18.3 Å². The molecule has 0 saturated heterocycles. The van der Waals surface area contributed by atoms with E-state index in [1.54, 1.807) is 12.1 Å². The van der Waals surface area contributed by atoms with Crippen molar-refractivity contribution in [1.29, 1.82) is 0 Å². The third kappa shape index (κ3) is 3.51. The number of rotatable bonds is 4. The number of nitrogen functional groups attached to an aromatic ring is 1. The highest BCUT2D eigenvalue weighted by Gasteiger charge is 1.97. The second-order valence-electron chi connectivity index (χ2n) is 2.89. The van der Waals surface area contributed by atoms with Crippen molar-refractivity contribution < 1.29 is 0 Å². The lowest BCUT2D eigenvalue weighted by Crippen LogP contribution is -2.03. The molecule has 0 aliphatic carbocycles. The van der Waals surface area contributed by atoms with Gasteiger partial charge in [-0.3, -0.25) is 0 Å². The summed E-state index contributed by atoms with van der Waals surface area (Å²) in [5.41, 5.74) is 6.24. The predicted octanol–water partition coefficient (Wildman–Crippen LogP) is 2.53. The maximum atomic E-state index is 5.73. The van der Waals surface area contributed by atoms with Crippen LogP contribution in [0.4, 0.5) is 11.5 Å². The lowest BCUT2D eigenvalue weighted by Gasteiger charge is -2.05. The van der Waals surface area contributed by atoms with Gasteiger partial charge in [0.2, 0.25) is 0 Å². The maximum absolute atomic E-state index is 5.73. The number of nitrogens with two attached hydrogens (primary N) is 1. The average Bonchev–Trinajstić information content (AvgIpc) is 2.03. The molecule has 1 aromatic heterocycles. The Morgan fingerprint density at radius 2 is 2.31 bits per heavy atom. The maximum Gasteiger partial charge on any atom is 0.133 e. The van der Waals surface area contributed by atoms with Gasteiger partial charge in [0.25, 0.3) is 0 Å². The lowest BCUT2D eigenvalue weighted by molar-refractivity contribution is 0.831. The molecule has 0 aliphatic rings. The number of pyridine rings is 1. The molecule has 0 spiro atoms. The standard InChI is InChI=1S/C9H14ClN3/c1-2-3-4-12-9-6-7(11)5-8(10)13-9/h5-6H,2-4H2,1H3,(H3,11,12,13). The molecule has 0 aromatic carbocycles. The van der Waals surface area contributed by atoms with Gasteiger partial charge in [-0.05, 0) is 12.5 Å². The predicted molar refractivity (Wildman–Crippen MR) is 57.1 cm³/mol. The highest BCUT2D eigenvalue weighted by molar-refractivity contribution is 6.29. The van der Waals surface area contributed by atoms with E-state index in [2.05, 4.69) is 17.2 Å². The fraction of sp³-hybridized carbons (Fsp3) is 0.444. The lowest BCUT2D eigenvalue weighted by atomic mass is 10.3. The van der Waals surface area contributed by atoms with Gasteiger partial charge in [-0.25, -0.2) is 4.98 Å². The highest BCUT2D eigenvalue weighted by atomic mass is 35.5. The number of halogens is 1. The van der Waals surface area contributed by atoms with Gasteiger partial charge < -0.3 is 11.1 Å². The van der Waals surface area contributed by atoms with E-state index in [9.17, 15) is 0 Å². The van der Waals surface area contributed by atoms with Crippen LogP contribution in [-0.2, 0) is 0 Å². The zero-order valence-electron chi connectivity index (χ0n) is 7.68. The van der Waals surface area contributed by atoms with E-state index in [1.165, 1.54) is 0 Å². The topological polar surface area (TPSA) is 50.9 Å². The quantitative estimate of drug-likeness (QED) is 0.579. The Balaban J connectivity index is 2.56. The first-order valence-corrected chi connectivity index (χ1v) is 4.77. The minimum absolute atomic E-state index is 0.430. The summed E-state index contributed by atoms with van der Waals surface area (Å²) >= 11 is 5.73. The van der Waals surface area contributed by atoms with Gasteiger partial charge in [-0.15, -0.1) is 0 Å². The Labute approximate surface area is 83.3 Å². The average molecular weight is 200 g/mol. The van der Waals surface area contributed by atoms with Crippen molar-refractivity contribution in [3.8, 4) is 0 Å².